The van der Waals surface area contributed by atoms with E-state index in [-0.39, 0.29) is 6.04 Å². The minimum absolute atomic E-state index is 0.228. The predicted octanol–water partition coefficient (Wildman–Crippen LogP) is 3.77. The standard InChI is InChI=1S/C13H21BrN2S/c1-3-11(15)13(12-7-9(14)8-17-12)16(2)10-5-4-6-10/h7-8,10-11,13H,3-6,15H2,1-2H3. The number of rotatable bonds is 5. The Morgan fingerprint density at radius 2 is 2.29 bits per heavy atom. The molecule has 0 radical (unpaired) electrons. The SMILES string of the molecule is CCC(N)C(c1cc(Br)cs1)N(C)C1CCC1. The first-order valence-corrected chi connectivity index (χ1v) is 8.02. The molecular formula is C13H21BrN2S. The van der Waals surface area contributed by atoms with Crippen molar-refractivity contribution in [3.63, 3.8) is 0 Å². The molecule has 1 aliphatic carbocycles. The minimum Gasteiger partial charge on any atom is -0.326 e. The van der Waals surface area contributed by atoms with E-state index in [1.54, 1.807) is 0 Å². The van der Waals surface area contributed by atoms with Crippen LogP contribution in [0, 0.1) is 0 Å². The van der Waals surface area contributed by atoms with Crippen LogP contribution in [-0.2, 0) is 0 Å². The van der Waals surface area contributed by atoms with Gasteiger partial charge in [0.1, 0.15) is 0 Å². The quantitative estimate of drug-likeness (QED) is 0.895. The van der Waals surface area contributed by atoms with E-state index in [0.29, 0.717) is 6.04 Å². The number of nitrogens with zero attached hydrogens (tertiary/aromatic N) is 1. The second-order valence-electron chi connectivity index (χ2n) is 4.93. The molecule has 1 fully saturated rings. The predicted molar refractivity (Wildman–Crippen MR) is 78.4 cm³/mol. The molecule has 1 aromatic rings. The molecule has 17 heavy (non-hydrogen) atoms. The number of hydrogen-bond acceptors (Lipinski definition) is 3. The van der Waals surface area contributed by atoms with Gasteiger partial charge < -0.3 is 5.73 Å². The monoisotopic (exact) mass is 316 g/mol. The third-order valence-electron chi connectivity index (χ3n) is 3.85. The normalized spacial score (nSPS) is 20.3. The lowest BCUT2D eigenvalue weighted by Crippen LogP contribution is -2.46. The Morgan fingerprint density at radius 3 is 2.71 bits per heavy atom. The van der Waals surface area contributed by atoms with E-state index in [4.69, 9.17) is 5.73 Å². The van der Waals surface area contributed by atoms with Crippen molar-refractivity contribution in [2.24, 2.45) is 5.73 Å². The first kappa shape index (κ1) is 13.5. The fraction of sp³-hybridized carbons (Fsp3) is 0.692. The van der Waals surface area contributed by atoms with Crippen LogP contribution in [0.3, 0.4) is 0 Å². The highest BCUT2D eigenvalue weighted by Crippen LogP contribution is 2.36. The molecule has 0 aromatic carbocycles. The second kappa shape index (κ2) is 5.83. The van der Waals surface area contributed by atoms with Crippen LogP contribution in [0.25, 0.3) is 0 Å². The first-order chi connectivity index (χ1) is 8.13. The summed E-state index contributed by atoms with van der Waals surface area (Å²) in [4.78, 5) is 3.89. The van der Waals surface area contributed by atoms with E-state index in [1.165, 1.54) is 28.6 Å². The molecule has 2 atom stereocenters. The lowest BCUT2D eigenvalue weighted by Gasteiger charge is -2.41. The van der Waals surface area contributed by atoms with Crippen LogP contribution >= 0.6 is 27.3 Å². The van der Waals surface area contributed by atoms with E-state index in [1.807, 2.05) is 11.3 Å². The summed E-state index contributed by atoms with van der Waals surface area (Å²) in [6.45, 7) is 2.18. The highest BCUT2D eigenvalue weighted by Gasteiger charge is 2.32. The van der Waals surface area contributed by atoms with Gasteiger partial charge in [-0.1, -0.05) is 13.3 Å². The Hall–Kier alpha value is 0.1000. The topological polar surface area (TPSA) is 29.3 Å². The summed E-state index contributed by atoms with van der Waals surface area (Å²) >= 11 is 5.35. The van der Waals surface area contributed by atoms with Gasteiger partial charge in [-0.05, 0) is 48.3 Å². The van der Waals surface area contributed by atoms with Gasteiger partial charge in [0, 0.05) is 26.8 Å². The molecule has 0 spiro atoms. The highest BCUT2D eigenvalue weighted by molar-refractivity contribution is 9.10. The Kier molecular flexibility index (Phi) is 4.64. The largest absolute Gasteiger partial charge is 0.326 e. The Bertz CT molecular complexity index is 362. The lowest BCUT2D eigenvalue weighted by molar-refractivity contribution is 0.0957. The van der Waals surface area contributed by atoms with Gasteiger partial charge in [-0.2, -0.15) is 0 Å². The van der Waals surface area contributed by atoms with Crippen molar-refractivity contribution in [1.82, 2.24) is 4.90 Å². The molecule has 1 aliphatic rings. The zero-order chi connectivity index (χ0) is 12.4. The molecule has 0 aliphatic heterocycles. The molecule has 2 N–H and O–H groups in total. The van der Waals surface area contributed by atoms with Crippen molar-refractivity contribution < 1.29 is 0 Å². The van der Waals surface area contributed by atoms with E-state index >= 15 is 0 Å². The van der Waals surface area contributed by atoms with Gasteiger partial charge >= 0.3 is 0 Å². The van der Waals surface area contributed by atoms with Crippen molar-refractivity contribution in [3.05, 3.63) is 20.8 Å². The van der Waals surface area contributed by atoms with Crippen LogP contribution < -0.4 is 5.73 Å². The third-order valence-corrected chi connectivity index (χ3v) is 5.61. The summed E-state index contributed by atoms with van der Waals surface area (Å²) in [6, 6.07) is 3.56. The minimum atomic E-state index is 0.228. The Morgan fingerprint density at radius 1 is 1.59 bits per heavy atom. The van der Waals surface area contributed by atoms with Crippen LogP contribution in [0.4, 0.5) is 0 Å². The average Bonchev–Trinajstić information content (AvgIpc) is 2.62. The van der Waals surface area contributed by atoms with Crippen LogP contribution in [0.1, 0.15) is 43.5 Å². The van der Waals surface area contributed by atoms with Crippen LogP contribution in [0.15, 0.2) is 15.9 Å². The number of thiophene rings is 1. The van der Waals surface area contributed by atoms with Crippen LogP contribution in [0.2, 0.25) is 0 Å². The fourth-order valence-corrected chi connectivity index (χ4v) is 4.11. The molecule has 1 aromatic heterocycles. The summed E-state index contributed by atoms with van der Waals surface area (Å²) in [7, 11) is 2.23. The van der Waals surface area contributed by atoms with Gasteiger partial charge in [0.15, 0.2) is 0 Å². The molecule has 96 valence electrons. The maximum Gasteiger partial charge on any atom is 0.0593 e. The molecular weight excluding hydrogens is 296 g/mol. The van der Waals surface area contributed by atoms with E-state index in [2.05, 4.69) is 46.2 Å². The Balaban J connectivity index is 2.17. The number of nitrogens with two attached hydrogens (primary N) is 1. The zero-order valence-corrected chi connectivity index (χ0v) is 12.9. The van der Waals surface area contributed by atoms with Gasteiger partial charge in [0.2, 0.25) is 0 Å². The molecule has 4 heteroatoms. The lowest BCUT2D eigenvalue weighted by atomic mass is 9.89. The smallest absolute Gasteiger partial charge is 0.0593 e. The summed E-state index contributed by atoms with van der Waals surface area (Å²) in [5.74, 6) is 0. The number of likely N-dealkylation sites (N-methyl/N-ethyl adjacent to an activating group) is 1. The fourth-order valence-electron chi connectivity index (χ4n) is 2.44. The maximum absolute atomic E-state index is 6.33. The van der Waals surface area contributed by atoms with E-state index in [0.717, 1.165) is 12.5 Å². The summed E-state index contributed by atoms with van der Waals surface area (Å²) < 4.78 is 1.17. The summed E-state index contributed by atoms with van der Waals surface area (Å²) in [5.41, 5.74) is 6.33. The summed E-state index contributed by atoms with van der Waals surface area (Å²) in [5, 5.41) is 2.15. The number of hydrogen-bond donors (Lipinski definition) is 1. The molecule has 2 rings (SSSR count). The maximum atomic E-state index is 6.33. The summed E-state index contributed by atoms with van der Waals surface area (Å²) in [6.07, 6.45) is 5.06. The van der Waals surface area contributed by atoms with Gasteiger partial charge in [-0.25, -0.2) is 0 Å². The van der Waals surface area contributed by atoms with Crippen LogP contribution in [-0.4, -0.2) is 24.0 Å². The van der Waals surface area contributed by atoms with Gasteiger partial charge in [0.25, 0.3) is 0 Å². The van der Waals surface area contributed by atoms with E-state index in [9.17, 15) is 0 Å². The van der Waals surface area contributed by atoms with Crippen molar-refractivity contribution in [1.29, 1.82) is 0 Å². The van der Waals surface area contributed by atoms with Crippen molar-refractivity contribution in [2.75, 3.05) is 7.05 Å². The number of halogens is 1. The van der Waals surface area contributed by atoms with Crippen molar-refractivity contribution >= 4 is 27.3 Å². The molecule has 0 saturated heterocycles. The third kappa shape index (κ3) is 2.92. The van der Waals surface area contributed by atoms with Gasteiger partial charge in [0.05, 0.1) is 6.04 Å². The van der Waals surface area contributed by atoms with E-state index < -0.39 is 0 Å². The second-order valence-corrected chi connectivity index (χ2v) is 6.79. The molecule has 0 bridgehead atoms. The van der Waals surface area contributed by atoms with Crippen molar-refractivity contribution in [2.45, 2.75) is 50.7 Å². The molecule has 2 nitrogen and oxygen atoms in total. The molecule has 1 saturated carbocycles. The molecule has 2 unspecified atom stereocenters. The van der Waals surface area contributed by atoms with Gasteiger partial charge in [-0.15, -0.1) is 11.3 Å². The highest BCUT2D eigenvalue weighted by atomic mass is 79.9. The molecule has 1 heterocycles. The van der Waals surface area contributed by atoms with Gasteiger partial charge in [-0.3, -0.25) is 4.90 Å². The zero-order valence-electron chi connectivity index (χ0n) is 10.5. The van der Waals surface area contributed by atoms with Crippen molar-refractivity contribution in [3.8, 4) is 0 Å². The first-order valence-electron chi connectivity index (χ1n) is 6.35. The van der Waals surface area contributed by atoms with Crippen LogP contribution in [0.5, 0.6) is 0 Å². The Labute approximate surface area is 116 Å². The average molecular weight is 317 g/mol. The molecule has 0 amide bonds.